The molecule has 1 heterocycles. The number of esters is 1. The van der Waals surface area contributed by atoms with E-state index in [0.717, 1.165) is 10.0 Å². The highest BCUT2D eigenvalue weighted by Gasteiger charge is 2.49. The van der Waals surface area contributed by atoms with E-state index in [9.17, 15) is 18.8 Å². The summed E-state index contributed by atoms with van der Waals surface area (Å²) in [4.78, 5) is 38.5. The van der Waals surface area contributed by atoms with E-state index in [-0.39, 0.29) is 6.42 Å². The summed E-state index contributed by atoms with van der Waals surface area (Å²) in [7, 11) is 1.19. The van der Waals surface area contributed by atoms with Gasteiger partial charge in [-0.3, -0.25) is 0 Å². The third kappa shape index (κ3) is 6.44. The molecule has 2 amide bonds. The average molecular weight is 436 g/mol. The summed E-state index contributed by atoms with van der Waals surface area (Å²) < 4.78 is 29.0. The highest BCUT2D eigenvalue weighted by Crippen LogP contribution is 2.33. The minimum Gasteiger partial charge on any atom is -0.467 e. The Morgan fingerprint density at radius 1 is 0.968 bits per heavy atom. The number of hydrogen-bond acceptors (Lipinski definition) is 6. The lowest BCUT2D eigenvalue weighted by Crippen LogP contribution is -2.53. The fourth-order valence-electron chi connectivity index (χ4n) is 2.87. The number of benzene rings is 1. The van der Waals surface area contributed by atoms with Gasteiger partial charge in [0.05, 0.1) is 12.8 Å². The Bertz CT molecular complexity index is 867. The molecule has 170 valence electrons. The van der Waals surface area contributed by atoms with E-state index >= 15 is 0 Å². The first kappa shape index (κ1) is 24.2. The van der Waals surface area contributed by atoms with Gasteiger partial charge < -0.3 is 14.2 Å². The molecular formula is C22H29FN2O6. The normalized spacial score (nSPS) is 18.2. The molecule has 0 aliphatic carbocycles. The third-order valence-electron chi connectivity index (χ3n) is 4.01. The van der Waals surface area contributed by atoms with Crippen molar-refractivity contribution in [1.82, 2.24) is 10.0 Å². The molecule has 1 aromatic carbocycles. The maximum atomic E-state index is 13.3. The average Bonchev–Trinajstić information content (AvgIpc) is 2.99. The Morgan fingerprint density at radius 2 is 1.48 bits per heavy atom. The Morgan fingerprint density at radius 3 is 1.97 bits per heavy atom. The Hall–Kier alpha value is -3.10. The summed E-state index contributed by atoms with van der Waals surface area (Å²) in [6.07, 6.45) is -0.221. The Labute approximate surface area is 181 Å². The number of ether oxygens (including phenoxy) is 3. The monoisotopic (exact) mass is 436 g/mol. The van der Waals surface area contributed by atoms with Gasteiger partial charge in [-0.2, -0.15) is 10.0 Å². The van der Waals surface area contributed by atoms with E-state index in [0.29, 0.717) is 11.3 Å². The zero-order chi connectivity index (χ0) is 23.6. The SMILES string of the molecule is COC(=O)[C@H]1C/C(=C/c2ccc(F)cc2)N(C(=O)OC(C)(C)C)N1C(=O)OC(C)(C)C. The van der Waals surface area contributed by atoms with Crippen molar-refractivity contribution in [3.05, 3.63) is 41.3 Å². The second-order valence-corrected chi connectivity index (χ2v) is 9.05. The molecule has 1 aromatic rings. The van der Waals surface area contributed by atoms with Crippen molar-refractivity contribution in [2.45, 2.75) is 65.2 Å². The summed E-state index contributed by atoms with van der Waals surface area (Å²) >= 11 is 0. The van der Waals surface area contributed by atoms with Gasteiger partial charge in [0, 0.05) is 6.42 Å². The Kier molecular flexibility index (Phi) is 6.98. The molecule has 0 spiro atoms. The molecule has 0 unspecified atom stereocenters. The van der Waals surface area contributed by atoms with Crippen LogP contribution in [0.25, 0.3) is 6.08 Å². The molecule has 0 saturated carbocycles. The maximum absolute atomic E-state index is 13.3. The minimum absolute atomic E-state index is 0.0253. The maximum Gasteiger partial charge on any atom is 0.434 e. The molecule has 1 atom stereocenters. The van der Waals surface area contributed by atoms with Gasteiger partial charge in [0.15, 0.2) is 6.04 Å². The van der Waals surface area contributed by atoms with Gasteiger partial charge in [0.25, 0.3) is 0 Å². The van der Waals surface area contributed by atoms with E-state index in [1.165, 1.54) is 31.4 Å². The van der Waals surface area contributed by atoms with Crippen LogP contribution in [-0.2, 0) is 19.0 Å². The zero-order valence-corrected chi connectivity index (χ0v) is 18.9. The van der Waals surface area contributed by atoms with Gasteiger partial charge >= 0.3 is 18.2 Å². The van der Waals surface area contributed by atoms with E-state index in [2.05, 4.69) is 0 Å². The standard InChI is InChI=1S/C22H29FN2O6/c1-21(2,3)30-19(27)24-16(12-14-8-10-15(23)11-9-14)13-17(18(26)29-7)25(24)20(28)31-22(4,5)6/h8-12,17H,13H2,1-7H3/b16-12-/t17-/m1/s1. The first-order valence-electron chi connectivity index (χ1n) is 9.81. The van der Waals surface area contributed by atoms with Gasteiger partial charge in [0.1, 0.15) is 17.0 Å². The first-order valence-corrected chi connectivity index (χ1v) is 9.81. The zero-order valence-electron chi connectivity index (χ0n) is 18.9. The lowest BCUT2D eigenvalue weighted by molar-refractivity contribution is -0.149. The molecule has 1 saturated heterocycles. The molecule has 1 aliphatic heterocycles. The van der Waals surface area contributed by atoms with Crippen LogP contribution in [0.15, 0.2) is 30.0 Å². The topological polar surface area (TPSA) is 85.4 Å². The van der Waals surface area contributed by atoms with Crippen LogP contribution in [0.1, 0.15) is 53.5 Å². The number of hydrazine groups is 1. The molecule has 0 radical (unpaired) electrons. The van der Waals surface area contributed by atoms with Crippen molar-refractivity contribution in [2.24, 2.45) is 0 Å². The highest BCUT2D eigenvalue weighted by molar-refractivity contribution is 5.87. The summed E-state index contributed by atoms with van der Waals surface area (Å²) in [6, 6.07) is 4.42. The number of amides is 2. The molecule has 0 N–H and O–H groups in total. The molecule has 9 heteroatoms. The quantitative estimate of drug-likeness (QED) is 0.501. The van der Waals surface area contributed by atoms with Crippen LogP contribution in [0, 0.1) is 5.82 Å². The molecule has 0 bridgehead atoms. The van der Waals surface area contributed by atoms with Crippen LogP contribution in [-0.4, -0.2) is 52.5 Å². The molecule has 1 fully saturated rings. The molecule has 31 heavy (non-hydrogen) atoms. The lowest BCUT2D eigenvalue weighted by atomic mass is 10.1. The van der Waals surface area contributed by atoms with E-state index in [4.69, 9.17) is 14.2 Å². The summed E-state index contributed by atoms with van der Waals surface area (Å²) in [5.41, 5.74) is -0.872. The summed E-state index contributed by atoms with van der Waals surface area (Å²) in [6.45, 7) is 10.0. The fraction of sp³-hybridized carbons (Fsp3) is 0.500. The van der Waals surface area contributed by atoms with Crippen molar-refractivity contribution >= 4 is 24.2 Å². The number of methoxy groups -OCH3 is 1. The van der Waals surface area contributed by atoms with Crippen LogP contribution >= 0.6 is 0 Å². The van der Waals surface area contributed by atoms with E-state index < -0.39 is 41.2 Å². The fourth-order valence-corrected chi connectivity index (χ4v) is 2.87. The number of rotatable bonds is 2. The van der Waals surface area contributed by atoms with Gasteiger partial charge in [-0.15, -0.1) is 0 Å². The van der Waals surface area contributed by atoms with Crippen molar-refractivity contribution in [3.8, 4) is 0 Å². The summed E-state index contributed by atoms with van der Waals surface area (Å²) in [5, 5.41) is 1.88. The van der Waals surface area contributed by atoms with Gasteiger partial charge in [-0.25, -0.2) is 18.8 Å². The van der Waals surface area contributed by atoms with E-state index in [1.54, 1.807) is 47.6 Å². The lowest BCUT2D eigenvalue weighted by Gasteiger charge is -2.33. The predicted molar refractivity (Wildman–Crippen MR) is 111 cm³/mol. The van der Waals surface area contributed by atoms with Gasteiger partial charge in [-0.05, 0) is 65.3 Å². The number of nitrogens with zero attached hydrogens (tertiary/aromatic N) is 2. The number of carbonyl (C=O) groups excluding carboxylic acids is 3. The van der Waals surface area contributed by atoms with Crippen LogP contribution in [0.2, 0.25) is 0 Å². The molecular weight excluding hydrogens is 407 g/mol. The van der Waals surface area contributed by atoms with Gasteiger partial charge in [-0.1, -0.05) is 12.1 Å². The highest BCUT2D eigenvalue weighted by atomic mass is 19.1. The largest absolute Gasteiger partial charge is 0.467 e. The molecule has 2 rings (SSSR count). The van der Waals surface area contributed by atoms with Crippen LogP contribution < -0.4 is 0 Å². The number of carbonyl (C=O) groups is 3. The second kappa shape index (κ2) is 8.95. The van der Waals surface area contributed by atoms with Crippen molar-refractivity contribution < 1.29 is 33.0 Å². The smallest absolute Gasteiger partial charge is 0.434 e. The van der Waals surface area contributed by atoms with Gasteiger partial charge in [0.2, 0.25) is 0 Å². The van der Waals surface area contributed by atoms with Crippen LogP contribution in [0.3, 0.4) is 0 Å². The van der Waals surface area contributed by atoms with E-state index in [1.807, 2.05) is 0 Å². The number of halogens is 1. The van der Waals surface area contributed by atoms with Crippen LogP contribution in [0.5, 0.6) is 0 Å². The number of hydrogen-bond donors (Lipinski definition) is 0. The van der Waals surface area contributed by atoms with Crippen LogP contribution in [0.4, 0.5) is 14.0 Å². The third-order valence-corrected chi connectivity index (χ3v) is 4.01. The summed E-state index contributed by atoms with van der Waals surface area (Å²) in [5.74, 6) is -1.14. The van der Waals surface area contributed by atoms with Crippen molar-refractivity contribution in [3.63, 3.8) is 0 Å². The molecule has 0 aromatic heterocycles. The predicted octanol–water partition coefficient (Wildman–Crippen LogP) is 4.50. The first-order chi connectivity index (χ1) is 14.2. The Balaban J connectivity index is 2.56. The second-order valence-electron chi connectivity index (χ2n) is 9.05. The van der Waals surface area contributed by atoms with Crippen molar-refractivity contribution in [2.75, 3.05) is 7.11 Å². The molecule has 8 nitrogen and oxygen atoms in total. The molecule has 1 aliphatic rings. The minimum atomic E-state index is -1.14. The van der Waals surface area contributed by atoms with Crippen molar-refractivity contribution in [1.29, 1.82) is 0 Å².